The van der Waals surface area contributed by atoms with Crippen LogP contribution in [0.4, 0.5) is 0 Å². The molecule has 6 heteroatoms. The summed E-state index contributed by atoms with van der Waals surface area (Å²) >= 11 is 5.05. The van der Waals surface area contributed by atoms with Gasteiger partial charge in [-0.3, -0.25) is 9.69 Å². The Balaban J connectivity index is 1.51. The van der Waals surface area contributed by atoms with Gasteiger partial charge in [-0.15, -0.1) is 17.9 Å². The first-order valence-electron chi connectivity index (χ1n) is 10.8. The maximum atomic E-state index is 12.6. The Kier molecular flexibility index (Phi) is 6.99. The summed E-state index contributed by atoms with van der Waals surface area (Å²) in [5.41, 5.74) is 1.18. The Morgan fingerprint density at radius 3 is 3.00 bits per heavy atom. The highest BCUT2D eigenvalue weighted by Gasteiger charge is 2.48. The van der Waals surface area contributed by atoms with Gasteiger partial charge in [-0.2, -0.15) is 0 Å². The number of fused-ring (bicyclic) bond motifs is 1. The number of aromatic hydroxyl groups is 1. The highest BCUT2D eigenvalue weighted by Crippen LogP contribution is 2.49. The minimum Gasteiger partial charge on any atom is -0.508 e. The zero-order chi connectivity index (χ0) is 21.8. The molecule has 1 aromatic heterocycles. The van der Waals surface area contributed by atoms with Crippen LogP contribution in [-0.4, -0.2) is 41.6 Å². The van der Waals surface area contributed by atoms with E-state index in [1.807, 2.05) is 35.7 Å². The lowest BCUT2D eigenvalue weighted by Crippen LogP contribution is -2.56. The highest BCUT2D eigenvalue weighted by molar-refractivity contribution is 9.10. The number of piperidine rings is 1. The van der Waals surface area contributed by atoms with Crippen molar-refractivity contribution in [2.75, 3.05) is 19.6 Å². The Morgan fingerprint density at radius 2 is 2.26 bits per heavy atom. The third-order valence-electron chi connectivity index (χ3n) is 6.75. The molecule has 1 aliphatic carbocycles. The van der Waals surface area contributed by atoms with E-state index >= 15 is 0 Å². The fraction of sp³-hybridized carbons (Fsp3) is 0.400. The van der Waals surface area contributed by atoms with Gasteiger partial charge < -0.3 is 10.4 Å². The quantitative estimate of drug-likeness (QED) is 0.415. The van der Waals surface area contributed by atoms with E-state index in [1.165, 1.54) is 5.56 Å². The van der Waals surface area contributed by atoms with E-state index in [9.17, 15) is 9.90 Å². The third kappa shape index (κ3) is 5.13. The summed E-state index contributed by atoms with van der Waals surface area (Å²) in [6.45, 7) is 6.86. The highest BCUT2D eigenvalue weighted by atomic mass is 79.9. The molecule has 3 atom stereocenters. The van der Waals surface area contributed by atoms with Gasteiger partial charge in [0.05, 0.1) is 0 Å². The van der Waals surface area contributed by atoms with Gasteiger partial charge in [0.1, 0.15) is 5.75 Å². The van der Waals surface area contributed by atoms with Gasteiger partial charge in [0.15, 0.2) is 0 Å². The lowest BCUT2D eigenvalue weighted by molar-refractivity contribution is -0.117. The zero-order valence-electron chi connectivity index (χ0n) is 17.6. The topological polar surface area (TPSA) is 52.6 Å². The van der Waals surface area contributed by atoms with E-state index in [0.29, 0.717) is 11.7 Å². The molecule has 2 aliphatic rings. The van der Waals surface area contributed by atoms with Gasteiger partial charge >= 0.3 is 0 Å². The fourth-order valence-corrected chi connectivity index (χ4v) is 6.66. The second-order valence-electron chi connectivity index (χ2n) is 8.69. The molecule has 1 saturated carbocycles. The van der Waals surface area contributed by atoms with E-state index in [1.54, 1.807) is 23.5 Å². The van der Waals surface area contributed by atoms with Crippen molar-refractivity contribution in [2.24, 2.45) is 5.92 Å². The molecule has 164 valence electrons. The van der Waals surface area contributed by atoms with Gasteiger partial charge in [-0.1, -0.05) is 18.2 Å². The van der Waals surface area contributed by atoms with Crippen molar-refractivity contribution in [3.63, 3.8) is 0 Å². The van der Waals surface area contributed by atoms with E-state index in [-0.39, 0.29) is 17.4 Å². The zero-order valence-corrected chi connectivity index (χ0v) is 20.0. The Labute approximate surface area is 196 Å². The maximum Gasteiger partial charge on any atom is 0.244 e. The molecule has 4 nitrogen and oxygen atoms in total. The van der Waals surface area contributed by atoms with Crippen LogP contribution in [0.5, 0.6) is 5.75 Å². The number of hydrogen-bond acceptors (Lipinski definition) is 4. The Bertz CT molecular complexity index is 972. The van der Waals surface area contributed by atoms with Crippen molar-refractivity contribution in [1.29, 1.82) is 0 Å². The molecule has 0 unspecified atom stereocenters. The summed E-state index contributed by atoms with van der Waals surface area (Å²) in [7, 11) is 0. The van der Waals surface area contributed by atoms with Crippen LogP contribution in [0.25, 0.3) is 6.08 Å². The molecule has 2 fully saturated rings. The van der Waals surface area contributed by atoms with E-state index in [4.69, 9.17) is 0 Å². The number of phenols is 1. The van der Waals surface area contributed by atoms with E-state index in [2.05, 4.69) is 38.8 Å². The summed E-state index contributed by atoms with van der Waals surface area (Å²) in [6, 6.07) is 9.89. The van der Waals surface area contributed by atoms with Crippen LogP contribution in [0.2, 0.25) is 0 Å². The monoisotopic (exact) mass is 500 g/mol. The number of hydrogen-bond donors (Lipinski definition) is 2. The summed E-state index contributed by atoms with van der Waals surface area (Å²) in [5, 5.41) is 15.4. The summed E-state index contributed by atoms with van der Waals surface area (Å²) in [5.74, 6) is 0.786. The first-order chi connectivity index (χ1) is 15.0. The molecule has 1 saturated heterocycles. The van der Waals surface area contributed by atoms with Crippen molar-refractivity contribution in [1.82, 2.24) is 10.2 Å². The van der Waals surface area contributed by atoms with Crippen LogP contribution >= 0.6 is 27.3 Å². The normalized spacial score (nSPS) is 26.5. The Morgan fingerprint density at radius 1 is 1.39 bits per heavy atom. The minimum atomic E-state index is -0.0388. The predicted octanol–water partition coefficient (Wildman–Crippen LogP) is 5.34. The van der Waals surface area contributed by atoms with Crippen molar-refractivity contribution in [3.8, 4) is 5.75 Å². The molecule has 1 aliphatic heterocycles. The molecule has 31 heavy (non-hydrogen) atoms. The lowest BCUT2D eigenvalue weighted by atomic mass is 9.58. The molecule has 1 amide bonds. The number of likely N-dealkylation sites (tertiary alicyclic amines) is 1. The molecule has 2 N–H and O–H groups in total. The van der Waals surface area contributed by atoms with Gasteiger partial charge in [0.2, 0.25) is 5.91 Å². The second kappa shape index (κ2) is 9.72. The first-order valence-corrected chi connectivity index (χ1v) is 12.5. The van der Waals surface area contributed by atoms with Crippen molar-refractivity contribution < 1.29 is 9.90 Å². The van der Waals surface area contributed by atoms with Gasteiger partial charge in [-0.25, -0.2) is 0 Å². The fourth-order valence-electron chi connectivity index (χ4n) is 5.33. The number of halogens is 1. The first kappa shape index (κ1) is 22.3. The molecule has 0 bridgehead atoms. The van der Waals surface area contributed by atoms with Crippen molar-refractivity contribution >= 4 is 39.2 Å². The van der Waals surface area contributed by atoms with Gasteiger partial charge in [0, 0.05) is 45.4 Å². The molecule has 1 aromatic carbocycles. The number of carbonyl (C=O) groups is 1. The minimum absolute atomic E-state index is 0.0189. The van der Waals surface area contributed by atoms with Gasteiger partial charge in [0.25, 0.3) is 0 Å². The summed E-state index contributed by atoms with van der Waals surface area (Å²) in [6.07, 6.45) is 9.47. The van der Waals surface area contributed by atoms with Crippen LogP contribution in [0.3, 0.4) is 0 Å². The van der Waals surface area contributed by atoms with Gasteiger partial charge in [-0.05, 0) is 83.9 Å². The van der Waals surface area contributed by atoms with Crippen molar-refractivity contribution in [2.45, 2.75) is 37.1 Å². The number of benzene rings is 1. The largest absolute Gasteiger partial charge is 0.508 e. The molecule has 4 rings (SSSR count). The third-order valence-corrected chi connectivity index (χ3v) is 8.41. The van der Waals surface area contributed by atoms with Crippen LogP contribution in [0.1, 0.15) is 36.1 Å². The average Bonchev–Trinajstić information content (AvgIpc) is 3.18. The summed E-state index contributed by atoms with van der Waals surface area (Å²) in [4.78, 5) is 16.1. The average molecular weight is 501 g/mol. The number of amides is 1. The molecule has 0 radical (unpaired) electrons. The van der Waals surface area contributed by atoms with Crippen LogP contribution in [0.15, 0.2) is 58.9 Å². The predicted molar refractivity (Wildman–Crippen MR) is 131 cm³/mol. The lowest BCUT2D eigenvalue weighted by Gasteiger charge is -2.53. The van der Waals surface area contributed by atoms with Crippen LogP contribution < -0.4 is 5.32 Å². The number of phenolic OH excluding ortho intramolecular Hbond substituents is 1. The standard InChI is InChI=1S/C25H29BrN2O2S/c1-2-11-28-12-10-25(18-4-3-5-22(29)13-18)15-21(7-6-19(25)16-28)27-24(30)9-8-23-14-20(26)17-31-23/h2-5,8-9,13-14,17,19,21,29H,1,6-7,10-12,15-16H2,(H,27,30)/b9-8+/t19-,21-,25+/m1/s1. The molecule has 2 heterocycles. The molecular weight excluding hydrogens is 472 g/mol. The Hall–Kier alpha value is -1.89. The maximum absolute atomic E-state index is 12.6. The number of carbonyl (C=O) groups excluding carboxylic acids is 1. The number of rotatable bonds is 6. The molecule has 0 spiro atoms. The summed E-state index contributed by atoms with van der Waals surface area (Å²) < 4.78 is 1.03. The van der Waals surface area contributed by atoms with E-state index < -0.39 is 0 Å². The van der Waals surface area contributed by atoms with Crippen LogP contribution in [-0.2, 0) is 10.2 Å². The number of nitrogens with zero attached hydrogens (tertiary/aromatic N) is 1. The second-order valence-corrected chi connectivity index (χ2v) is 10.5. The van der Waals surface area contributed by atoms with E-state index in [0.717, 1.165) is 54.7 Å². The SMILES string of the molecule is C=CCN1CC[C@@]2(c3cccc(O)c3)C[C@H](NC(=O)/C=C/c3cc(Br)cs3)CC[C@@H]2C1. The molecular formula is C25H29BrN2O2S. The van der Waals surface area contributed by atoms with Crippen LogP contribution in [0, 0.1) is 5.92 Å². The van der Waals surface area contributed by atoms with Crippen molar-refractivity contribution in [3.05, 3.63) is 69.4 Å². The smallest absolute Gasteiger partial charge is 0.244 e. The molecule has 2 aromatic rings. The number of thiophene rings is 1. The number of nitrogens with one attached hydrogen (secondary N) is 1.